The number of rotatable bonds is 6. The van der Waals surface area contributed by atoms with Crippen LogP contribution in [-0.2, 0) is 4.74 Å². The number of ether oxygens (including phenoxy) is 1. The van der Waals surface area contributed by atoms with Gasteiger partial charge in [-0.05, 0) is 45.4 Å². The Balaban J connectivity index is 1.70. The fourth-order valence-corrected chi connectivity index (χ4v) is 2.94. The normalized spacial score (nSPS) is 22.3. The van der Waals surface area contributed by atoms with E-state index in [1.807, 2.05) is 6.07 Å². The van der Waals surface area contributed by atoms with Gasteiger partial charge in [0.15, 0.2) is 0 Å². The van der Waals surface area contributed by atoms with Crippen molar-refractivity contribution in [2.75, 3.05) is 31.5 Å². The highest BCUT2D eigenvalue weighted by atomic mass is 19.1. The zero-order valence-electron chi connectivity index (χ0n) is 13.3. The lowest BCUT2D eigenvalue weighted by atomic mass is 10.1. The van der Waals surface area contributed by atoms with Gasteiger partial charge in [-0.1, -0.05) is 6.07 Å². The first-order valence-corrected chi connectivity index (χ1v) is 7.90. The summed E-state index contributed by atoms with van der Waals surface area (Å²) in [5.74, 6) is -0.469. The van der Waals surface area contributed by atoms with E-state index in [4.69, 9.17) is 10.00 Å². The lowest BCUT2D eigenvalue weighted by Gasteiger charge is -2.35. The summed E-state index contributed by atoms with van der Waals surface area (Å²) in [7, 11) is 0. The number of nitriles is 1. The van der Waals surface area contributed by atoms with Crippen LogP contribution >= 0.6 is 0 Å². The fourth-order valence-electron chi connectivity index (χ4n) is 2.94. The average Bonchev–Trinajstić information content (AvgIpc) is 2.46. The summed E-state index contributed by atoms with van der Waals surface area (Å²) in [6, 6.07) is 6.58. The van der Waals surface area contributed by atoms with Gasteiger partial charge in [-0.2, -0.15) is 5.26 Å². The molecule has 120 valence electrons. The first kappa shape index (κ1) is 16.7. The zero-order chi connectivity index (χ0) is 15.9. The van der Waals surface area contributed by atoms with Crippen molar-refractivity contribution in [2.24, 2.45) is 0 Å². The quantitative estimate of drug-likeness (QED) is 0.821. The van der Waals surface area contributed by atoms with Gasteiger partial charge in [0.25, 0.3) is 0 Å². The summed E-state index contributed by atoms with van der Waals surface area (Å²) in [4.78, 5) is 2.43. The molecule has 1 N–H and O–H groups in total. The Bertz CT molecular complexity index is 519. The minimum atomic E-state index is -0.469. The largest absolute Gasteiger partial charge is 0.384 e. The number of nitrogens with zero attached hydrogens (tertiary/aromatic N) is 2. The van der Waals surface area contributed by atoms with Gasteiger partial charge in [0.2, 0.25) is 0 Å². The Labute approximate surface area is 131 Å². The number of anilines is 1. The van der Waals surface area contributed by atoms with E-state index in [-0.39, 0.29) is 5.56 Å². The molecule has 22 heavy (non-hydrogen) atoms. The number of halogens is 1. The molecule has 1 saturated heterocycles. The summed E-state index contributed by atoms with van der Waals surface area (Å²) in [6.45, 7) is 7.98. The maximum Gasteiger partial charge on any atom is 0.143 e. The van der Waals surface area contributed by atoms with Crippen LogP contribution in [0.5, 0.6) is 0 Å². The van der Waals surface area contributed by atoms with Crippen molar-refractivity contribution in [1.29, 1.82) is 5.26 Å². The molecule has 0 aliphatic carbocycles. The third-order valence-corrected chi connectivity index (χ3v) is 3.84. The molecule has 0 saturated carbocycles. The lowest BCUT2D eigenvalue weighted by molar-refractivity contribution is -0.0681. The van der Waals surface area contributed by atoms with Crippen LogP contribution in [0.2, 0.25) is 0 Å². The number of benzene rings is 1. The number of unbranched alkanes of at least 4 members (excludes halogenated alkanes) is 1. The van der Waals surface area contributed by atoms with E-state index in [9.17, 15) is 4.39 Å². The van der Waals surface area contributed by atoms with Crippen LogP contribution in [0.15, 0.2) is 18.2 Å². The number of hydrogen-bond acceptors (Lipinski definition) is 4. The Morgan fingerprint density at radius 2 is 2.05 bits per heavy atom. The van der Waals surface area contributed by atoms with Gasteiger partial charge in [0, 0.05) is 19.6 Å². The van der Waals surface area contributed by atoms with Crippen molar-refractivity contribution >= 4 is 5.69 Å². The van der Waals surface area contributed by atoms with Crippen molar-refractivity contribution in [3.63, 3.8) is 0 Å². The summed E-state index contributed by atoms with van der Waals surface area (Å²) in [6.07, 6.45) is 2.66. The number of nitrogens with one attached hydrogen (secondary N) is 1. The van der Waals surface area contributed by atoms with Crippen molar-refractivity contribution in [3.05, 3.63) is 29.6 Å². The molecular formula is C17H24FN3O. The van der Waals surface area contributed by atoms with E-state index in [2.05, 4.69) is 24.1 Å². The second-order valence-electron chi connectivity index (χ2n) is 5.92. The van der Waals surface area contributed by atoms with E-state index in [0.717, 1.165) is 39.0 Å². The topological polar surface area (TPSA) is 48.3 Å². The molecule has 1 aliphatic rings. The van der Waals surface area contributed by atoms with Crippen molar-refractivity contribution in [2.45, 2.75) is 38.9 Å². The van der Waals surface area contributed by atoms with Gasteiger partial charge in [0.05, 0.1) is 17.9 Å². The maximum atomic E-state index is 13.5. The van der Waals surface area contributed by atoms with Crippen molar-refractivity contribution < 1.29 is 9.13 Å². The molecule has 4 nitrogen and oxygen atoms in total. The van der Waals surface area contributed by atoms with Gasteiger partial charge in [-0.15, -0.1) is 0 Å². The third-order valence-electron chi connectivity index (χ3n) is 3.84. The molecule has 0 spiro atoms. The SMILES string of the molecule is C[C@@H]1CN(CCCCNc2cccc(F)c2C#N)C[C@H](C)O1. The van der Waals surface area contributed by atoms with Gasteiger partial charge in [0.1, 0.15) is 17.4 Å². The highest BCUT2D eigenvalue weighted by Crippen LogP contribution is 2.18. The Morgan fingerprint density at radius 1 is 1.32 bits per heavy atom. The van der Waals surface area contributed by atoms with Crippen LogP contribution in [0.3, 0.4) is 0 Å². The molecule has 0 unspecified atom stereocenters. The molecule has 0 amide bonds. The molecular weight excluding hydrogens is 281 g/mol. The van der Waals surface area contributed by atoms with Crippen LogP contribution in [0, 0.1) is 17.1 Å². The Hall–Kier alpha value is -1.64. The van der Waals surface area contributed by atoms with Crippen LogP contribution in [0.4, 0.5) is 10.1 Å². The number of hydrogen-bond donors (Lipinski definition) is 1. The first-order chi connectivity index (χ1) is 10.6. The van der Waals surface area contributed by atoms with Gasteiger partial charge in [-0.3, -0.25) is 4.90 Å². The minimum Gasteiger partial charge on any atom is -0.384 e. The van der Waals surface area contributed by atoms with E-state index in [1.165, 1.54) is 6.07 Å². The molecule has 0 aromatic heterocycles. The van der Waals surface area contributed by atoms with E-state index in [1.54, 1.807) is 12.1 Å². The highest BCUT2D eigenvalue weighted by Gasteiger charge is 2.21. The molecule has 1 aliphatic heterocycles. The highest BCUT2D eigenvalue weighted by molar-refractivity contribution is 5.57. The monoisotopic (exact) mass is 305 g/mol. The second kappa shape index (κ2) is 8.11. The Kier molecular flexibility index (Phi) is 6.17. The van der Waals surface area contributed by atoms with Crippen LogP contribution < -0.4 is 5.32 Å². The zero-order valence-corrected chi connectivity index (χ0v) is 13.3. The summed E-state index contributed by atoms with van der Waals surface area (Å²) in [5.41, 5.74) is 0.675. The van der Waals surface area contributed by atoms with Crippen LogP contribution in [0.25, 0.3) is 0 Å². The van der Waals surface area contributed by atoms with Gasteiger partial charge >= 0.3 is 0 Å². The molecule has 1 aromatic carbocycles. The minimum absolute atomic E-state index is 0.0957. The predicted octanol–water partition coefficient (Wildman–Crippen LogP) is 3.00. The van der Waals surface area contributed by atoms with E-state index < -0.39 is 5.82 Å². The predicted molar refractivity (Wildman–Crippen MR) is 85.3 cm³/mol. The summed E-state index contributed by atoms with van der Waals surface area (Å²) < 4.78 is 19.2. The molecule has 2 rings (SSSR count). The number of morpholine rings is 1. The standard InChI is InChI=1S/C17H24FN3O/c1-13-11-21(12-14(2)22-13)9-4-3-8-20-17-7-5-6-16(18)15(17)10-19/h5-7,13-14,20H,3-4,8-9,11-12H2,1-2H3/t13-,14+. The van der Waals surface area contributed by atoms with Crippen molar-refractivity contribution in [1.82, 2.24) is 4.90 Å². The lowest BCUT2D eigenvalue weighted by Crippen LogP contribution is -2.45. The summed E-state index contributed by atoms with van der Waals surface area (Å²) >= 11 is 0. The van der Waals surface area contributed by atoms with E-state index in [0.29, 0.717) is 17.9 Å². The van der Waals surface area contributed by atoms with Gasteiger partial charge < -0.3 is 10.1 Å². The molecule has 1 fully saturated rings. The molecule has 0 bridgehead atoms. The van der Waals surface area contributed by atoms with Crippen LogP contribution in [-0.4, -0.2) is 43.3 Å². The molecule has 0 radical (unpaired) electrons. The third kappa shape index (κ3) is 4.69. The van der Waals surface area contributed by atoms with Gasteiger partial charge in [-0.25, -0.2) is 4.39 Å². The summed E-state index contributed by atoms with van der Waals surface area (Å²) in [5, 5.41) is 12.1. The average molecular weight is 305 g/mol. The molecule has 1 heterocycles. The first-order valence-electron chi connectivity index (χ1n) is 7.90. The van der Waals surface area contributed by atoms with E-state index >= 15 is 0 Å². The van der Waals surface area contributed by atoms with Crippen molar-refractivity contribution in [3.8, 4) is 6.07 Å². The maximum absolute atomic E-state index is 13.5. The second-order valence-corrected chi connectivity index (χ2v) is 5.92. The smallest absolute Gasteiger partial charge is 0.143 e. The fraction of sp³-hybridized carbons (Fsp3) is 0.588. The van der Waals surface area contributed by atoms with Crippen LogP contribution in [0.1, 0.15) is 32.3 Å². The molecule has 5 heteroatoms. The molecule has 1 aromatic rings. The Morgan fingerprint density at radius 3 is 2.73 bits per heavy atom. The molecule has 2 atom stereocenters.